The number of halogens is 3. The Morgan fingerprint density at radius 1 is 1.40 bits per heavy atom. The molecule has 5 heteroatoms. The Morgan fingerprint density at radius 2 is 2.00 bits per heavy atom. The lowest BCUT2D eigenvalue weighted by molar-refractivity contribution is -0.138. The zero-order valence-electron chi connectivity index (χ0n) is 8.17. The largest absolute Gasteiger partial charge is 0.416 e. The minimum absolute atomic E-state index is 0.0969. The smallest absolute Gasteiger partial charge is 0.387 e. The van der Waals surface area contributed by atoms with Gasteiger partial charge in [0.25, 0.3) is 0 Å². The van der Waals surface area contributed by atoms with Gasteiger partial charge >= 0.3 is 6.18 Å². The van der Waals surface area contributed by atoms with Crippen LogP contribution in [0.15, 0.2) is 18.2 Å². The summed E-state index contributed by atoms with van der Waals surface area (Å²) in [4.78, 5) is 0. The summed E-state index contributed by atoms with van der Waals surface area (Å²) in [6, 6.07) is 3.71. The Bertz CT molecular complexity index is 349. The summed E-state index contributed by atoms with van der Waals surface area (Å²) in [6.07, 6.45) is -5.44. The molecule has 84 valence electrons. The molecule has 1 aromatic carbocycles. The summed E-state index contributed by atoms with van der Waals surface area (Å²) in [5.41, 5.74) is 4.77. The van der Waals surface area contributed by atoms with Crippen LogP contribution < -0.4 is 5.73 Å². The van der Waals surface area contributed by atoms with Crippen LogP contribution in [-0.4, -0.2) is 11.7 Å². The highest BCUT2D eigenvalue weighted by Gasteiger charge is 2.32. The van der Waals surface area contributed by atoms with Gasteiger partial charge in [0, 0.05) is 6.54 Å². The van der Waals surface area contributed by atoms with Crippen molar-refractivity contribution in [3.63, 3.8) is 0 Å². The maximum Gasteiger partial charge on any atom is 0.416 e. The van der Waals surface area contributed by atoms with Crippen molar-refractivity contribution in [1.82, 2.24) is 0 Å². The molecule has 1 aromatic rings. The van der Waals surface area contributed by atoms with E-state index in [4.69, 9.17) is 5.73 Å². The van der Waals surface area contributed by atoms with Crippen LogP contribution in [0.4, 0.5) is 13.2 Å². The predicted octanol–water partition coefficient (Wildman–Crippen LogP) is 2.01. The fourth-order valence-corrected chi connectivity index (χ4v) is 1.29. The van der Waals surface area contributed by atoms with Crippen molar-refractivity contribution in [1.29, 1.82) is 0 Å². The molecule has 0 unspecified atom stereocenters. The van der Waals surface area contributed by atoms with Gasteiger partial charge in [0.05, 0.1) is 11.7 Å². The Kier molecular flexibility index (Phi) is 3.36. The van der Waals surface area contributed by atoms with E-state index in [1.54, 1.807) is 0 Å². The first-order chi connectivity index (χ1) is 6.86. The standard InChI is InChI=1S/C10H12F3NO/c1-6-2-3-7(9(15)5-14)4-8(6)10(11,12)13/h2-4,9,15H,5,14H2,1H3/t9-/m0/s1. The quantitative estimate of drug-likeness (QED) is 0.799. The Labute approximate surface area is 85.5 Å². The highest BCUT2D eigenvalue weighted by molar-refractivity contribution is 5.34. The lowest BCUT2D eigenvalue weighted by Gasteiger charge is -2.14. The van der Waals surface area contributed by atoms with E-state index in [-0.39, 0.29) is 17.7 Å². The van der Waals surface area contributed by atoms with Gasteiger partial charge in [-0.25, -0.2) is 0 Å². The molecule has 1 atom stereocenters. The lowest BCUT2D eigenvalue weighted by atomic mass is 10.0. The van der Waals surface area contributed by atoms with Gasteiger partial charge in [-0.05, 0) is 24.1 Å². The van der Waals surface area contributed by atoms with Gasteiger partial charge in [0.1, 0.15) is 0 Å². The van der Waals surface area contributed by atoms with Crippen LogP contribution in [0.3, 0.4) is 0 Å². The first-order valence-electron chi connectivity index (χ1n) is 4.42. The SMILES string of the molecule is Cc1ccc([C@@H](O)CN)cc1C(F)(F)F. The van der Waals surface area contributed by atoms with Gasteiger partial charge in [-0.1, -0.05) is 12.1 Å². The average Bonchev–Trinajstić information content (AvgIpc) is 2.15. The average molecular weight is 219 g/mol. The highest BCUT2D eigenvalue weighted by Crippen LogP contribution is 2.33. The molecule has 0 aliphatic carbocycles. The molecule has 0 aliphatic heterocycles. The molecule has 0 radical (unpaired) electrons. The molecule has 0 aliphatic rings. The maximum atomic E-state index is 12.5. The lowest BCUT2D eigenvalue weighted by Crippen LogP contribution is -2.14. The molecule has 2 nitrogen and oxygen atoms in total. The van der Waals surface area contributed by atoms with Crippen LogP contribution in [-0.2, 0) is 6.18 Å². The molecule has 15 heavy (non-hydrogen) atoms. The summed E-state index contributed by atoms with van der Waals surface area (Å²) in [6.45, 7) is 1.28. The number of hydrogen-bond acceptors (Lipinski definition) is 2. The number of alkyl halides is 3. The number of aliphatic hydroxyl groups is 1. The molecule has 3 N–H and O–H groups in total. The number of aryl methyl sites for hydroxylation is 1. The van der Waals surface area contributed by atoms with Crippen molar-refractivity contribution in [2.45, 2.75) is 19.2 Å². The molecule has 0 bridgehead atoms. The van der Waals surface area contributed by atoms with Gasteiger partial charge in [-0.2, -0.15) is 13.2 Å². The van der Waals surface area contributed by atoms with Crippen molar-refractivity contribution in [2.24, 2.45) is 5.73 Å². The van der Waals surface area contributed by atoms with E-state index in [0.29, 0.717) is 0 Å². The van der Waals surface area contributed by atoms with E-state index in [1.807, 2.05) is 0 Å². The third-order valence-electron chi connectivity index (χ3n) is 2.18. The fraction of sp³-hybridized carbons (Fsp3) is 0.400. The van der Waals surface area contributed by atoms with Gasteiger partial charge < -0.3 is 10.8 Å². The van der Waals surface area contributed by atoms with E-state index >= 15 is 0 Å². The summed E-state index contributed by atoms with van der Waals surface area (Å²) in [5, 5.41) is 9.32. The van der Waals surface area contributed by atoms with Crippen molar-refractivity contribution in [3.05, 3.63) is 34.9 Å². The predicted molar refractivity (Wildman–Crippen MR) is 50.2 cm³/mol. The molecule has 0 saturated heterocycles. The Hall–Kier alpha value is -1.07. The summed E-state index contributed by atoms with van der Waals surface area (Å²) in [5.74, 6) is 0. The number of aliphatic hydroxyl groups excluding tert-OH is 1. The molecule has 0 fully saturated rings. The zero-order chi connectivity index (χ0) is 11.6. The summed E-state index contributed by atoms with van der Waals surface area (Å²) >= 11 is 0. The Morgan fingerprint density at radius 3 is 2.47 bits per heavy atom. The van der Waals surface area contributed by atoms with Crippen LogP contribution in [0.1, 0.15) is 22.8 Å². The van der Waals surface area contributed by atoms with Crippen LogP contribution in [0.2, 0.25) is 0 Å². The van der Waals surface area contributed by atoms with Gasteiger partial charge in [-0.3, -0.25) is 0 Å². The molecule has 1 rings (SSSR count). The van der Waals surface area contributed by atoms with Crippen molar-refractivity contribution >= 4 is 0 Å². The maximum absolute atomic E-state index is 12.5. The molecular weight excluding hydrogens is 207 g/mol. The second-order valence-corrected chi connectivity index (χ2v) is 3.32. The second-order valence-electron chi connectivity index (χ2n) is 3.32. The summed E-state index contributed by atoms with van der Waals surface area (Å²) < 4.78 is 37.4. The van der Waals surface area contributed by atoms with E-state index in [0.717, 1.165) is 6.07 Å². The molecular formula is C10H12F3NO. The first kappa shape index (κ1) is 12.0. The topological polar surface area (TPSA) is 46.2 Å². The third kappa shape index (κ3) is 2.70. The van der Waals surface area contributed by atoms with E-state index in [2.05, 4.69) is 0 Å². The van der Waals surface area contributed by atoms with Crippen LogP contribution >= 0.6 is 0 Å². The minimum Gasteiger partial charge on any atom is -0.387 e. The molecule has 0 spiro atoms. The zero-order valence-corrected chi connectivity index (χ0v) is 8.17. The van der Waals surface area contributed by atoms with Crippen molar-refractivity contribution in [2.75, 3.05) is 6.54 Å². The van der Waals surface area contributed by atoms with E-state index < -0.39 is 17.8 Å². The summed E-state index contributed by atoms with van der Waals surface area (Å²) in [7, 11) is 0. The first-order valence-corrected chi connectivity index (χ1v) is 4.42. The van der Waals surface area contributed by atoms with Crippen molar-refractivity contribution in [3.8, 4) is 0 Å². The van der Waals surface area contributed by atoms with E-state index in [1.165, 1.54) is 19.1 Å². The third-order valence-corrected chi connectivity index (χ3v) is 2.18. The number of benzene rings is 1. The number of rotatable bonds is 2. The van der Waals surface area contributed by atoms with Crippen LogP contribution in [0.25, 0.3) is 0 Å². The number of nitrogens with two attached hydrogens (primary N) is 1. The molecule has 0 heterocycles. The van der Waals surface area contributed by atoms with Crippen molar-refractivity contribution < 1.29 is 18.3 Å². The molecule has 0 saturated carbocycles. The molecule has 0 amide bonds. The Balaban J connectivity index is 3.17. The van der Waals surface area contributed by atoms with Crippen LogP contribution in [0.5, 0.6) is 0 Å². The second kappa shape index (κ2) is 4.20. The highest BCUT2D eigenvalue weighted by atomic mass is 19.4. The normalized spacial score (nSPS) is 14.0. The van der Waals surface area contributed by atoms with E-state index in [9.17, 15) is 18.3 Å². The van der Waals surface area contributed by atoms with Gasteiger partial charge in [0.15, 0.2) is 0 Å². The van der Waals surface area contributed by atoms with Gasteiger partial charge in [0.2, 0.25) is 0 Å². The fourth-order valence-electron chi connectivity index (χ4n) is 1.29. The monoisotopic (exact) mass is 219 g/mol. The molecule has 0 aromatic heterocycles. The number of hydrogen-bond donors (Lipinski definition) is 2. The minimum atomic E-state index is -4.39. The van der Waals surface area contributed by atoms with Gasteiger partial charge in [-0.15, -0.1) is 0 Å². The van der Waals surface area contributed by atoms with Crippen LogP contribution in [0, 0.1) is 6.92 Å².